The molecule has 0 fully saturated rings. The maximum Gasteiger partial charge on any atom is 0.262 e. The second-order valence-corrected chi connectivity index (χ2v) is 10.3. The number of fused-ring (bicyclic) bond motifs is 2. The summed E-state index contributed by atoms with van der Waals surface area (Å²) >= 11 is 12.3. The van der Waals surface area contributed by atoms with Crippen LogP contribution in [0.2, 0.25) is 10.0 Å². The molecule has 1 aromatic heterocycles. The van der Waals surface area contributed by atoms with Crippen LogP contribution in [0.25, 0.3) is 10.9 Å². The number of hydrazone groups is 1. The molecule has 8 nitrogen and oxygen atoms in total. The van der Waals surface area contributed by atoms with Crippen molar-refractivity contribution in [3.8, 4) is 11.5 Å². The summed E-state index contributed by atoms with van der Waals surface area (Å²) in [5.74, 6) is 0.0890. The third-order valence-electron chi connectivity index (χ3n) is 6.41. The van der Waals surface area contributed by atoms with E-state index in [4.69, 9.17) is 32.7 Å². The van der Waals surface area contributed by atoms with Gasteiger partial charge in [0.15, 0.2) is 11.5 Å². The number of nitrogens with zero attached hydrogens (tertiary/aromatic N) is 2. The number of aromatic nitrogens is 1. The molecule has 200 valence electrons. The summed E-state index contributed by atoms with van der Waals surface area (Å²) in [7, 11) is 0. The molecule has 0 unspecified atom stereocenters. The zero-order chi connectivity index (χ0) is 27.5. The van der Waals surface area contributed by atoms with Crippen LogP contribution in [0.15, 0.2) is 72.0 Å². The number of amides is 2. The van der Waals surface area contributed by atoms with Crippen LogP contribution in [0, 0.1) is 5.92 Å². The minimum absolute atomic E-state index is 0.115. The second kappa shape index (κ2) is 11.4. The molecular weight excluding hydrogens is 539 g/mol. The largest absolute Gasteiger partial charge is 0.454 e. The van der Waals surface area contributed by atoms with Crippen molar-refractivity contribution in [2.45, 2.75) is 26.4 Å². The normalized spacial score (nSPS) is 13.3. The van der Waals surface area contributed by atoms with Crippen LogP contribution in [-0.2, 0) is 11.3 Å². The van der Waals surface area contributed by atoms with Gasteiger partial charge in [0.05, 0.1) is 16.3 Å². The first-order valence-electron chi connectivity index (χ1n) is 12.4. The predicted molar refractivity (Wildman–Crippen MR) is 152 cm³/mol. The van der Waals surface area contributed by atoms with Crippen LogP contribution in [0.1, 0.15) is 35.3 Å². The highest BCUT2D eigenvalue weighted by Gasteiger charge is 2.25. The molecule has 39 heavy (non-hydrogen) atoms. The molecule has 0 aliphatic carbocycles. The van der Waals surface area contributed by atoms with E-state index >= 15 is 0 Å². The second-order valence-electron chi connectivity index (χ2n) is 9.48. The molecule has 0 spiro atoms. The number of hydrogen-bond donors (Lipinski definition) is 2. The van der Waals surface area contributed by atoms with Gasteiger partial charge in [-0.2, -0.15) is 5.10 Å². The fourth-order valence-electron chi connectivity index (χ4n) is 4.38. The summed E-state index contributed by atoms with van der Waals surface area (Å²) in [6.45, 7) is 4.40. The number of halogens is 2. The Balaban J connectivity index is 1.29. The molecule has 0 radical (unpaired) electrons. The predicted octanol–water partition coefficient (Wildman–Crippen LogP) is 5.63. The summed E-state index contributed by atoms with van der Waals surface area (Å²) in [6.07, 6.45) is 3.56. The zero-order valence-electron chi connectivity index (χ0n) is 21.3. The molecule has 3 aromatic carbocycles. The van der Waals surface area contributed by atoms with E-state index in [0.29, 0.717) is 33.7 Å². The van der Waals surface area contributed by atoms with Gasteiger partial charge in [0, 0.05) is 34.8 Å². The number of hydrogen-bond acceptors (Lipinski definition) is 5. The first kappa shape index (κ1) is 26.6. The van der Waals surface area contributed by atoms with Gasteiger partial charge in [-0.1, -0.05) is 61.3 Å². The minimum atomic E-state index is -0.795. The van der Waals surface area contributed by atoms with E-state index in [9.17, 15) is 9.59 Å². The fraction of sp³-hybridized carbons (Fsp3) is 0.207. The number of nitrogens with one attached hydrogen (secondary N) is 2. The van der Waals surface area contributed by atoms with Gasteiger partial charge >= 0.3 is 0 Å². The lowest BCUT2D eigenvalue weighted by molar-refractivity contribution is -0.123. The molecule has 2 amide bonds. The van der Waals surface area contributed by atoms with E-state index in [-0.39, 0.29) is 12.7 Å². The molecule has 2 heterocycles. The average Bonchev–Trinajstić information content (AvgIpc) is 3.53. The third kappa shape index (κ3) is 5.87. The highest BCUT2D eigenvalue weighted by atomic mass is 35.5. The lowest BCUT2D eigenvalue weighted by Gasteiger charge is -2.20. The van der Waals surface area contributed by atoms with Gasteiger partial charge in [0.2, 0.25) is 6.79 Å². The highest BCUT2D eigenvalue weighted by molar-refractivity contribution is 6.42. The molecule has 0 saturated carbocycles. The van der Waals surface area contributed by atoms with Crippen LogP contribution in [0.5, 0.6) is 11.5 Å². The number of para-hydroxylation sites is 1. The van der Waals surface area contributed by atoms with E-state index in [1.165, 1.54) is 0 Å². The van der Waals surface area contributed by atoms with Crippen molar-refractivity contribution in [1.82, 2.24) is 15.3 Å². The standard InChI is InChI=1S/C29H26Cl2N4O4/c1-17(2)27(33-28(36)19-8-10-25-26(12-19)39-16-38-25)29(37)34-32-13-20-15-35(24-6-4-3-5-21(20)24)14-18-7-9-22(30)23(31)11-18/h3-13,15,17,27H,14,16H2,1-2H3,(H,33,36)(H,34,37)/b32-13-/t27-/m1/s1. The molecule has 4 aromatic rings. The number of ether oxygens (including phenoxy) is 2. The molecule has 5 rings (SSSR count). The van der Waals surface area contributed by atoms with Crippen molar-refractivity contribution in [3.63, 3.8) is 0 Å². The SMILES string of the molecule is CC(C)[C@@H](NC(=O)c1ccc2c(c1)OCO2)C(=O)N/N=C\c1cn(Cc2ccc(Cl)c(Cl)c2)c2ccccc12. The van der Waals surface area contributed by atoms with Crippen LogP contribution in [0.4, 0.5) is 0 Å². The van der Waals surface area contributed by atoms with Gasteiger partial charge < -0.3 is 19.4 Å². The van der Waals surface area contributed by atoms with Crippen LogP contribution in [0.3, 0.4) is 0 Å². The van der Waals surface area contributed by atoms with E-state index in [0.717, 1.165) is 22.0 Å². The molecule has 2 N–H and O–H groups in total. The topological polar surface area (TPSA) is 93.9 Å². The number of carbonyl (C=O) groups excluding carboxylic acids is 2. The fourth-order valence-corrected chi connectivity index (χ4v) is 4.70. The van der Waals surface area contributed by atoms with E-state index in [1.807, 2.05) is 56.4 Å². The van der Waals surface area contributed by atoms with Gasteiger partial charge in [0.25, 0.3) is 11.8 Å². The Morgan fingerprint density at radius 1 is 1.03 bits per heavy atom. The molecule has 1 atom stereocenters. The van der Waals surface area contributed by atoms with Crippen LogP contribution >= 0.6 is 23.2 Å². The average molecular weight is 565 g/mol. The summed E-state index contributed by atoms with van der Waals surface area (Å²) in [5.41, 5.74) is 5.79. The Labute approximate surface area is 235 Å². The van der Waals surface area contributed by atoms with Crippen molar-refractivity contribution < 1.29 is 19.1 Å². The number of rotatable bonds is 8. The summed E-state index contributed by atoms with van der Waals surface area (Å²) in [6, 6.07) is 17.6. The van der Waals surface area contributed by atoms with Gasteiger partial charge in [0.1, 0.15) is 6.04 Å². The first-order chi connectivity index (χ1) is 18.8. The van der Waals surface area contributed by atoms with Gasteiger partial charge in [-0.15, -0.1) is 0 Å². The highest BCUT2D eigenvalue weighted by Crippen LogP contribution is 2.32. The van der Waals surface area contributed by atoms with Crippen molar-refractivity contribution in [1.29, 1.82) is 0 Å². The Hall–Kier alpha value is -4.01. The van der Waals surface area contributed by atoms with Gasteiger partial charge in [-0.05, 0) is 47.9 Å². The molecule has 10 heteroatoms. The van der Waals surface area contributed by atoms with Crippen LogP contribution in [-0.4, -0.2) is 35.4 Å². The van der Waals surface area contributed by atoms with Crippen LogP contribution < -0.4 is 20.2 Å². The lowest BCUT2D eigenvalue weighted by Crippen LogP contribution is -2.48. The molecule has 0 bridgehead atoms. The summed E-state index contributed by atoms with van der Waals surface area (Å²) < 4.78 is 12.7. The van der Waals surface area contributed by atoms with Crippen molar-refractivity contribution in [3.05, 3.63) is 93.6 Å². The van der Waals surface area contributed by atoms with E-state index in [1.54, 1.807) is 30.5 Å². The van der Waals surface area contributed by atoms with E-state index < -0.39 is 17.9 Å². The molecule has 1 aliphatic heterocycles. The Morgan fingerprint density at radius 2 is 1.82 bits per heavy atom. The molecule has 0 saturated heterocycles. The van der Waals surface area contributed by atoms with Crippen molar-refractivity contribution in [2.24, 2.45) is 11.0 Å². The Bertz CT molecular complexity index is 1580. The quantitative estimate of drug-likeness (QED) is 0.214. The van der Waals surface area contributed by atoms with Gasteiger partial charge in [-0.25, -0.2) is 5.43 Å². The Morgan fingerprint density at radius 3 is 2.62 bits per heavy atom. The Kier molecular flexibility index (Phi) is 7.77. The van der Waals surface area contributed by atoms with Gasteiger partial charge in [-0.3, -0.25) is 9.59 Å². The summed E-state index contributed by atoms with van der Waals surface area (Å²) in [4.78, 5) is 25.8. The maximum atomic E-state index is 13.0. The maximum absolute atomic E-state index is 13.0. The minimum Gasteiger partial charge on any atom is -0.454 e. The van der Waals surface area contributed by atoms with Crippen molar-refractivity contribution >= 4 is 52.1 Å². The zero-order valence-corrected chi connectivity index (χ0v) is 22.8. The number of benzene rings is 3. The lowest BCUT2D eigenvalue weighted by atomic mass is 10.0. The third-order valence-corrected chi connectivity index (χ3v) is 7.14. The first-order valence-corrected chi connectivity index (χ1v) is 13.1. The molecular formula is C29H26Cl2N4O4. The number of carbonyl (C=O) groups is 2. The van der Waals surface area contributed by atoms with Crippen molar-refractivity contribution in [2.75, 3.05) is 6.79 Å². The van der Waals surface area contributed by atoms with E-state index in [2.05, 4.69) is 20.4 Å². The summed E-state index contributed by atoms with van der Waals surface area (Å²) in [5, 5.41) is 8.99. The molecule has 1 aliphatic rings. The smallest absolute Gasteiger partial charge is 0.262 e. The monoisotopic (exact) mass is 564 g/mol.